The third-order valence-corrected chi connectivity index (χ3v) is 19.5. The topological polar surface area (TPSA) is 120 Å². The maximum Gasteiger partial charge on any atom is 0.354 e. The summed E-state index contributed by atoms with van der Waals surface area (Å²) < 4.78 is 64.8. The molecule has 0 spiro atoms. The molecule has 1 N–H and O–H groups in total. The normalized spacial score (nSPS) is 11.4. The zero-order valence-corrected chi connectivity index (χ0v) is 60.2. The number of nitrogens with zero attached hydrogens (tertiary/aromatic N) is 6. The van der Waals surface area contributed by atoms with Crippen molar-refractivity contribution in [3.63, 3.8) is 0 Å². The number of carboxylic acid groups (broad SMARTS) is 1. The molecule has 19 aromatic rings. The smallest absolute Gasteiger partial charge is 0.354 e. The van der Waals surface area contributed by atoms with E-state index in [1.165, 1.54) is 55.4 Å². The van der Waals surface area contributed by atoms with E-state index in [1.807, 2.05) is 42.5 Å². The number of carboxylic acids is 1. The average molecular weight is 1590 g/mol. The van der Waals surface area contributed by atoms with Crippen molar-refractivity contribution in [2.75, 3.05) is 0 Å². The Balaban J connectivity index is 0.000000798. The number of fused-ring (bicyclic) bond motifs is 12. The van der Waals surface area contributed by atoms with Crippen LogP contribution in [0.2, 0.25) is 0 Å². The van der Waals surface area contributed by atoms with E-state index in [-0.39, 0.29) is 57.8 Å². The predicted octanol–water partition coefficient (Wildman–Crippen LogP) is 22.3. The molecule has 6 aromatic heterocycles. The monoisotopic (exact) mass is 1590 g/mol. The summed E-state index contributed by atoms with van der Waals surface area (Å²) in [6, 6.07) is 109. The number of aromatic nitrogens is 6. The zero-order chi connectivity index (χ0) is 71.9. The quantitative estimate of drug-likeness (QED) is 0.0844. The second kappa shape index (κ2) is 29.2. The molecule has 1 radical (unpaired) electrons. The Morgan fingerprint density at radius 2 is 0.657 bits per heavy atom. The standard InChI is InChI=1S/C87H58F2N5O4.C6H5NO2.Ir/c88-60-33-38-77(78(89)48-60)79-47-56(39-40-90-79)52-95-65-34-36-66(37-35-65)96-55-59-45-67(97-53-57-41-61(91-80-25-9-1-17-69(80)70-18-2-10-26-81(70)91)49-62(42-57)92-82-27-11-3-19-71(82)72-20-4-12-28-83(72)92)51-68(46-59)98-54-58-43-63(93-84-29-13-5-21-73(84)74-22-6-14-30-85(74)93)50-64(44-58)94-86-31-15-7-23-75(86)76-24-8-16-32-87(76)94;8-6(9)5-3-1-2-4-7-5;/h1-37,39-51H,52-55H2;1-4H,(H,8,9);/q-1;;. The Labute approximate surface area is 632 Å². The molecule has 0 amide bonds. The molecule has 19 rings (SSSR count). The van der Waals surface area contributed by atoms with Crippen LogP contribution in [-0.4, -0.2) is 39.3 Å². The predicted molar refractivity (Wildman–Crippen MR) is 420 cm³/mol. The van der Waals surface area contributed by atoms with Crippen molar-refractivity contribution in [2.24, 2.45) is 0 Å². The number of para-hydroxylation sites is 8. The van der Waals surface area contributed by atoms with Gasteiger partial charge in [0.2, 0.25) is 0 Å². The fourth-order valence-electron chi connectivity index (χ4n) is 14.8. The summed E-state index contributed by atoms with van der Waals surface area (Å²) in [7, 11) is 0. The van der Waals surface area contributed by atoms with Crippen LogP contribution in [0, 0.1) is 17.7 Å². The molecule has 0 aliphatic heterocycles. The average Bonchev–Trinajstić information content (AvgIpc) is 1.59. The summed E-state index contributed by atoms with van der Waals surface area (Å²) in [5.41, 5.74) is 17.0. The van der Waals surface area contributed by atoms with E-state index < -0.39 is 17.6 Å². The summed E-state index contributed by atoms with van der Waals surface area (Å²) in [5, 5.41) is 17.8. The van der Waals surface area contributed by atoms with Crippen LogP contribution in [0.15, 0.2) is 328 Å². The number of hydrogen-bond acceptors (Lipinski definition) is 7. The van der Waals surface area contributed by atoms with Crippen LogP contribution in [0.3, 0.4) is 0 Å². The first-order valence-electron chi connectivity index (χ1n) is 35.1. The Morgan fingerprint density at radius 3 is 0.981 bits per heavy atom. The minimum Gasteiger partial charge on any atom is -0.489 e. The molecule has 0 aliphatic carbocycles. The molecule has 0 saturated carbocycles. The molecular weight excluding hydrogens is 1530 g/mol. The number of aromatic carboxylic acids is 1. The number of halogens is 2. The van der Waals surface area contributed by atoms with Gasteiger partial charge in [-0.05, 0) is 167 Å². The summed E-state index contributed by atoms with van der Waals surface area (Å²) in [5.74, 6) is 0.0131. The third kappa shape index (κ3) is 13.1. The van der Waals surface area contributed by atoms with E-state index >= 15 is 0 Å². The summed E-state index contributed by atoms with van der Waals surface area (Å²) in [4.78, 5) is 18.0. The van der Waals surface area contributed by atoms with Gasteiger partial charge in [-0.2, -0.15) is 0 Å². The van der Waals surface area contributed by atoms with E-state index in [0.29, 0.717) is 28.7 Å². The summed E-state index contributed by atoms with van der Waals surface area (Å²) in [6.07, 6.45) is 3.02. The van der Waals surface area contributed by atoms with Gasteiger partial charge in [0.1, 0.15) is 55.1 Å². The van der Waals surface area contributed by atoms with Crippen LogP contribution < -0.4 is 18.9 Å². The summed E-state index contributed by atoms with van der Waals surface area (Å²) >= 11 is 0. The fraction of sp³-hybridized carbons (Fsp3) is 0.0430. The molecule has 12 nitrogen and oxygen atoms in total. The summed E-state index contributed by atoms with van der Waals surface area (Å²) in [6.45, 7) is 0.830. The van der Waals surface area contributed by atoms with Gasteiger partial charge < -0.3 is 47.3 Å². The molecule has 0 bridgehead atoms. The minimum atomic E-state index is -0.990. The van der Waals surface area contributed by atoms with Crippen molar-refractivity contribution in [1.29, 1.82) is 0 Å². The number of pyridine rings is 2. The van der Waals surface area contributed by atoms with Crippen LogP contribution >= 0.6 is 0 Å². The molecule has 0 atom stereocenters. The van der Waals surface area contributed by atoms with Crippen LogP contribution in [-0.2, 0) is 46.5 Å². The largest absolute Gasteiger partial charge is 0.489 e. The van der Waals surface area contributed by atoms with E-state index in [2.05, 4.69) is 265 Å². The van der Waals surface area contributed by atoms with E-state index in [9.17, 15) is 13.6 Å². The zero-order valence-electron chi connectivity index (χ0n) is 57.8. The first-order chi connectivity index (χ1) is 52.7. The van der Waals surface area contributed by atoms with Crippen LogP contribution in [0.1, 0.15) is 32.7 Å². The maximum absolute atomic E-state index is 14.7. The molecule has 525 valence electrons. The molecule has 13 aromatic carbocycles. The number of ether oxygens (including phenoxy) is 4. The molecule has 108 heavy (non-hydrogen) atoms. The number of carbonyl (C=O) groups is 1. The van der Waals surface area contributed by atoms with Gasteiger partial charge in [-0.25, -0.2) is 9.78 Å². The van der Waals surface area contributed by atoms with Crippen molar-refractivity contribution in [3.05, 3.63) is 373 Å². The van der Waals surface area contributed by atoms with Gasteiger partial charge in [0.25, 0.3) is 0 Å². The first kappa shape index (κ1) is 67.7. The van der Waals surface area contributed by atoms with Gasteiger partial charge in [0.05, 0.1) is 44.1 Å². The first-order valence-corrected chi connectivity index (χ1v) is 35.1. The SMILES string of the molecule is Fc1c[c-]c(-c2cc(COc3ccc(OCc4cc(OCc5cc(-n6c7ccccc7c7ccccc76)cc(-n6c7ccccc7c7ccccc76)c5)cc(OCc5cc(-n6c7ccccc7c7ccccc76)cc(-n6c7ccccc7c7ccccc76)c5)c4)cc3)ccn2)c(F)c1.O=C(O)c1ccccn1.[Ir]. The molecular formula is C93H63F2IrN6O6-. The Hall–Kier alpha value is -13.5. The number of benzene rings is 13. The van der Waals surface area contributed by atoms with Crippen molar-refractivity contribution < 1.29 is 57.7 Å². The van der Waals surface area contributed by atoms with Gasteiger partial charge >= 0.3 is 5.97 Å². The van der Waals surface area contributed by atoms with Crippen LogP contribution in [0.5, 0.6) is 23.0 Å². The van der Waals surface area contributed by atoms with E-state index in [0.717, 1.165) is 101 Å². The van der Waals surface area contributed by atoms with Gasteiger partial charge in [0, 0.05) is 116 Å². The molecule has 6 heterocycles. The van der Waals surface area contributed by atoms with Gasteiger partial charge in [-0.1, -0.05) is 169 Å². The molecule has 0 saturated heterocycles. The fourth-order valence-corrected chi connectivity index (χ4v) is 14.8. The van der Waals surface area contributed by atoms with E-state index in [4.69, 9.17) is 24.1 Å². The molecule has 0 aliphatic rings. The molecule has 15 heteroatoms. The van der Waals surface area contributed by atoms with Gasteiger partial charge in [-0.15, -0.1) is 12.1 Å². The number of hydrogen-bond donors (Lipinski definition) is 1. The van der Waals surface area contributed by atoms with Crippen molar-refractivity contribution in [2.45, 2.75) is 26.4 Å². The number of rotatable bonds is 18. The molecule has 0 fully saturated rings. The van der Waals surface area contributed by atoms with Crippen LogP contribution in [0.4, 0.5) is 8.78 Å². The Morgan fingerprint density at radius 1 is 0.333 bits per heavy atom. The van der Waals surface area contributed by atoms with E-state index in [1.54, 1.807) is 30.5 Å². The van der Waals surface area contributed by atoms with Gasteiger partial charge in [0.15, 0.2) is 0 Å². The van der Waals surface area contributed by atoms with Crippen molar-refractivity contribution in [1.82, 2.24) is 28.2 Å². The van der Waals surface area contributed by atoms with Gasteiger partial charge in [-0.3, -0.25) is 8.78 Å². The van der Waals surface area contributed by atoms with Crippen molar-refractivity contribution in [3.8, 4) is 57.0 Å². The molecule has 0 unspecified atom stereocenters. The minimum absolute atomic E-state index is 0. The third-order valence-electron chi connectivity index (χ3n) is 19.5. The Bertz CT molecular complexity index is 5850. The van der Waals surface area contributed by atoms with Crippen molar-refractivity contribution >= 4 is 93.2 Å². The second-order valence-corrected chi connectivity index (χ2v) is 26.2. The second-order valence-electron chi connectivity index (χ2n) is 26.2. The Kier molecular flexibility index (Phi) is 18.3. The van der Waals surface area contributed by atoms with Crippen LogP contribution in [0.25, 0.3) is 121 Å². The maximum atomic E-state index is 14.7.